The van der Waals surface area contributed by atoms with Crippen molar-refractivity contribution in [1.82, 2.24) is 10.2 Å². The fourth-order valence-electron chi connectivity index (χ4n) is 3.21. The third kappa shape index (κ3) is 3.44. The van der Waals surface area contributed by atoms with Crippen molar-refractivity contribution in [2.24, 2.45) is 0 Å². The molecule has 2 N–H and O–H groups in total. The summed E-state index contributed by atoms with van der Waals surface area (Å²) in [6.07, 6.45) is 0.259. The van der Waals surface area contributed by atoms with Gasteiger partial charge in [0.1, 0.15) is 11.9 Å². The van der Waals surface area contributed by atoms with E-state index in [1.165, 1.54) is 22.9 Å². The van der Waals surface area contributed by atoms with Crippen molar-refractivity contribution in [3.05, 3.63) is 65.5 Å². The molecule has 1 aliphatic heterocycles. The predicted molar refractivity (Wildman–Crippen MR) is 94.7 cm³/mol. The highest BCUT2D eigenvalue weighted by molar-refractivity contribution is 7.64. The number of rotatable bonds is 5. The van der Waals surface area contributed by atoms with Crippen molar-refractivity contribution in [1.29, 1.82) is 0 Å². The van der Waals surface area contributed by atoms with E-state index in [0.29, 0.717) is 0 Å². The summed E-state index contributed by atoms with van der Waals surface area (Å²) in [5, 5.41) is 9.32. The molecule has 0 spiro atoms. The Morgan fingerprint density at radius 1 is 1.31 bits per heavy atom. The van der Waals surface area contributed by atoms with E-state index in [2.05, 4.69) is 0 Å². The Morgan fingerprint density at radius 3 is 2.69 bits per heavy atom. The van der Waals surface area contributed by atoms with Crippen LogP contribution < -0.4 is 10.8 Å². The molecule has 0 bridgehead atoms. The Hall–Kier alpha value is -2.05. The summed E-state index contributed by atoms with van der Waals surface area (Å²) in [6.45, 7) is 1.99. The first kappa shape index (κ1) is 18.7. The van der Waals surface area contributed by atoms with E-state index in [0.717, 1.165) is 17.2 Å². The van der Waals surface area contributed by atoms with E-state index >= 15 is 0 Å². The average molecular weight is 378 g/mol. The van der Waals surface area contributed by atoms with Crippen LogP contribution in [0.2, 0.25) is 0 Å². The molecule has 0 saturated heterocycles. The Labute approximate surface area is 151 Å². The predicted octanol–water partition coefficient (Wildman–Crippen LogP) is 2.61. The van der Waals surface area contributed by atoms with Crippen LogP contribution in [0.15, 0.2) is 48.5 Å². The second-order valence-electron chi connectivity index (χ2n) is 5.98. The summed E-state index contributed by atoms with van der Waals surface area (Å²) in [7, 11) is -3.73. The van der Waals surface area contributed by atoms with Crippen LogP contribution in [0.4, 0.5) is 4.39 Å². The highest BCUT2D eigenvalue weighted by Crippen LogP contribution is 2.53. The highest BCUT2D eigenvalue weighted by atomic mass is 31.2. The standard InChI is InChI=1S/C18H20FN2O4P/c1-2-25-26(24,16-9-5-8-15(19)11-16)21-12-14-7-4-3-6-13(14)10-17(21)18(22)20-23/h3-9,11,17,23H,2,10,12H2,1H3,(H,20,22). The van der Waals surface area contributed by atoms with Gasteiger partial charge in [0, 0.05) is 6.54 Å². The molecule has 26 heavy (non-hydrogen) atoms. The van der Waals surface area contributed by atoms with Crippen molar-refractivity contribution in [3.8, 4) is 0 Å². The number of fused-ring (bicyclic) bond motifs is 1. The van der Waals surface area contributed by atoms with Crippen LogP contribution in [0.1, 0.15) is 18.1 Å². The molecule has 3 rings (SSSR count). The molecule has 2 unspecified atom stereocenters. The second-order valence-corrected chi connectivity index (χ2v) is 8.31. The molecule has 1 aliphatic rings. The van der Waals surface area contributed by atoms with Crippen LogP contribution in [-0.4, -0.2) is 28.4 Å². The second kappa shape index (κ2) is 7.68. The van der Waals surface area contributed by atoms with Gasteiger partial charge in [-0.15, -0.1) is 0 Å². The summed E-state index contributed by atoms with van der Waals surface area (Å²) in [6, 6.07) is 12.0. The minimum absolute atomic E-state index is 0.124. The number of carbonyl (C=O) groups is 1. The molecule has 1 amide bonds. The minimum Gasteiger partial charge on any atom is -0.314 e. The van der Waals surface area contributed by atoms with Gasteiger partial charge in [0.2, 0.25) is 0 Å². The van der Waals surface area contributed by atoms with Crippen LogP contribution in [0, 0.1) is 5.82 Å². The molecule has 2 atom stereocenters. The largest absolute Gasteiger partial charge is 0.314 e. The number of hydrogen-bond donors (Lipinski definition) is 2. The molecule has 0 aromatic heterocycles. The van der Waals surface area contributed by atoms with Crippen molar-refractivity contribution in [2.45, 2.75) is 25.9 Å². The lowest BCUT2D eigenvalue weighted by Gasteiger charge is -2.39. The number of hydroxylamine groups is 1. The topological polar surface area (TPSA) is 78.9 Å². The SMILES string of the molecule is CCOP(=O)(c1cccc(F)c1)N1Cc2ccccc2CC1C(=O)NO. The number of carbonyl (C=O) groups excluding carboxylic acids is 1. The Bertz CT molecular complexity index is 861. The van der Waals surface area contributed by atoms with E-state index < -0.39 is 25.3 Å². The zero-order valence-electron chi connectivity index (χ0n) is 14.3. The van der Waals surface area contributed by atoms with Crippen LogP contribution >= 0.6 is 7.52 Å². The minimum atomic E-state index is -3.73. The van der Waals surface area contributed by atoms with Crippen molar-refractivity contribution in [2.75, 3.05) is 6.61 Å². The van der Waals surface area contributed by atoms with E-state index in [-0.39, 0.29) is 24.9 Å². The number of benzene rings is 2. The molecule has 6 nitrogen and oxygen atoms in total. The molecular formula is C18H20FN2O4P. The zero-order chi connectivity index (χ0) is 18.7. The normalized spacial score (nSPS) is 19.4. The maximum Gasteiger partial charge on any atom is 0.303 e. The Kier molecular flexibility index (Phi) is 5.53. The first-order chi connectivity index (χ1) is 12.5. The smallest absolute Gasteiger partial charge is 0.303 e. The summed E-state index contributed by atoms with van der Waals surface area (Å²) in [5.41, 5.74) is 3.48. The van der Waals surface area contributed by atoms with E-state index in [1.54, 1.807) is 12.4 Å². The molecule has 0 radical (unpaired) electrons. The molecule has 0 fully saturated rings. The van der Waals surface area contributed by atoms with Gasteiger partial charge in [-0.1, -0.05) is 30.3 Å². The van der Waals surface area contributed by atoms with Crippen molar-refractivity contribution < 1.29 is 23.5 Å². The first-order valence-corrected chi connectivity index (χ1v) is 9.86. The first-order valence-electron chi connectivity index (χ1n) is 8.28. The fourth-order valence-corrected chi connectivity index (χ4v) is 5.61. The molecule has 8 heteroatoms. The maximum absolute atomic E-state index is 13.8. The molecule has 138 valence electrons. The number of hydrogen-bond acceptors (Lipinski definition) is 4. The summed E-state index contributed by atoms with van der Waals surface area (Å²) < 4.78 is 34.6. The summed E-state index contributed by atoms with van der Waals surface area (Å²) in [4.78, 5) is 12.3. The lowest BCUT2D eigenvalue weighted by atomic mass is 9.95. The molecule has 0 saturated carbocycles. The average Bonchev–Trinajstić information content (AvgIpc) is 2.66. The van der Waals surface area contributed by atoms with Crippen molar-refractivity contribution in [3.63, 3.8) is 0 Å². The van der Waals surface area contributed by atoms with Crippen molar-refractivity contribution >= 4 is 18.7 Å². The maximum atomic E-state index is 13.8. The van der Waals surface area contributed by atoms with Crippen LogP contribution in [-0.2, 0) is 26.8 Å². The van der Waals surface area contributed by atoms with Gasteiger partial charge in [0.15, 0.2) is 0 Å². The quantitative estimate of drug-likeness (QED) is 0.475. The lowest BCUT2D eigenvalue weighted by Crippen LogP contribution is -2.49. The van der Waals surface area contributed by atoms with Gasteiger partial charge in [0.25, 0.3) is 5.91 Å². The third-order valence-corrected chi connectivity index (χ3v) is 7.05. The summed E-state index contributed by atoms with van der Waals surface area (Å²) >= 11 is 0. The summed E-state index contributed by atoms with van der Waals surface area (Å²) in [5.74, 6) is -1.22. The monoisotopic (exact) mass is 378 g/mol. The van der Waals surface area contributed by atoms with Crippen LogP contribution in [0.25, 0.3) is 0 Å². The molecule has 2 aromatic carbocycles. The highest BCUT2D eigenvalue weighted by Gasteiger charge is 2.44. The Balaban J connectivity index is 2.11. The van der Waals surface area contributed by atoms with E-state index in [1.807, 2.05) is 24.3 Å². The van der Waals surface area contributed by atoms with Gasteiger partial charge < -0.3 is 4.52 Å². The zero-order valence-corrected chi connectivity index (χ0v) is 15.2. The number of halogens is 1. The Morgan fingerprint density at radius 2 is 2.04 bits per heavy atom. The fraction of sp³-hybridized carbons (Fsp3) is 0.278. The molecule has 0 aliphatic carbocycles. The number of nitrogens with zero attached hydrogens (tertiary/aromatic N) is 1. The number of amides is 1. The number of nitrogens with one attached hydrogen (secondary N) is 1. The van der Waals surface area contributed by atoms with Gasteiger partial charge >= 0.3 is 7.52 Å². The van der Waals surface area contributed by atoms with Gasteiger partial charge in [0.05, 0.1) is 11.9 Å². The van der Waals surface area contributed by atoms with Gasteiger partial charge in [-0.2, -0.15) is 0 Å². The van der Waals surface area contributed by atoms with Crippen LogP contribution in [0.5, 0.6) is 0 Å². The lowest BCUT2D eigenvalue weighted by molar-refractivity contribution is -0.133. The van der Waals surface area contributed by atoms with E-state index in [4.69, 9.17) is 9.73 Å². The van der Waals surface area contributed by atoms with Gasteiger partial charge in [-0.3, -0.25) is 14.6 Å². The molecule has 2 aromatic rings. The third-order valence-electron chi connectivity index (χ3n) is 4.41. The van der Waals surface area contributed by atoms with Gasteiger partial charge in [-0.05, 0) is 42.7 Å². The van der Waals surface area contributed by atoms with Gasteiger partial charge in [-0.25, -0.2) is 14.5 Å². The molecule has 1 heterocycles. The molecular weight excluding hydrogens is 358 g/mol. The van der Waals surface area contributed by atoms with Crippen LogP contribution in [0.3, 0.4) is 0 Å². The van der Waals surface area contributed by atoms with E-state index in [9.17, 15) is 13.8 Å².